The summed E-state index contributed by atoms with van der Waals surface area (Å²) in [6, 6.07) is 4.96. The molecule has 0 aliphatic carbocycles. The van der Waals surface area contributed by atoms with Crippen molar-refractivity contribution in [1.29, 1.82) is 0 Å². The molecule has 1 aromatic carbocycles. The van der Waals surface area contributed by atoms with E-state index in [-0.39, 0.29) is 19.8 Å². The third-order valence-corrected chi connectivity index (χ3v) is 4.68. The lowest BCUT2D eigenvalue weighted by Gasteiger charge is -2.18. The van der Waals surface area contributed by atoms with E-state index in [1.165, 1.54) is 0 Å². The minimum atomic E-state index is -3.41. The van der Waals surface area contributed by atoms with Crippen molar-refractivity contribution in [2.75, 3.05) is 26.9 Å². The van der Waals surface area contributed by atoms with E-state index in [4.69, 9.17) is 25.4 Å². The Bertz CT molecular complexity index is 538. The van der Waals surface area contributed by atoms with Crippen molar-refractivity contribution in [3.63, 3.8) is 0 Å². The second-order valence-electron chi connectivity index (χ2n) is 3.73. The number of halogens is 1. The fraction of sp³-hybridized carbons (Fsp3) is 0.429. The van der Waals surface area contributed by atoms with Gasteiger partial charge in [0, 0.05) is 17.7 Å². The summed E-state index contributed by atoms with van der Waals surface area (Å²) in [5, 5.41) is 0.842. The molecule has 1 rings (SSSR count). The van der Waals surface area contributed by atoms with Crippen molar-refractivity contribution in [3.05, 3.63) is 28.8 Å². The molecule has 0 N–H and O–H groups in total. The van der Waals surface area contributed by atoms with Crippen LogP contribution in [0.2, 0.25) is 5.02 Å². The second kappa shape index (κ2) is 8.46. The Labute approximate surface area is 124 Å². The van der Waals surface area contributed by atoms with Gasteiger partial charge in [-0.05, 0) is 32.0 Å². The number of hydrogen-bond donors (Lipinski definition) is 0. The van der Waals surface area contributed by atoms with Crippen LogP contribution in [0.15, 0.2) is 18.2 Å². The molecule has 0 saturated heterocycles. The summed E-state index contributed by atoms with van der Waals surface area (Å²) in [5.74, 6) is 5.72. The van der Waals surface area contributed by atoms with Crippen LogP contribution in [0.3, 0.4) is 0 Å². The highest BCUT2D eigenvalue weighted by Gasteiger charge is 2.29. The van der Waals surface area contributed by atoms with Gasteiger partial charge in [-0.25, -0.2) is 0 Å². The van der Waals surface area contributed by atoms with Gasteiger partial charge in [-0.1, -0.05) is 23.4 Å². The number of rotatable bonds is 6. The average Bonchev–Trinajstić information content (AvgIpc) is 2.41. The van der Waals surface area contributed by atoms with E-state index in [0.29, 0.717) is 15.9 Å². The molecule has 0 atom stereocenters. The van der Waals surface area contributed by atoms with Gasteiger partial charge < -0.3 is 13.8 Å². The van der Waals surface area contributed by atoms with Crippen LogP contribution in [-0.2, 0) is 18.3 Å². The van der Waals surface area contributed by atoms with Gasteiger partial charge in [-0.3, -0.25) is 4.57 Å². The van der Waals surface area contributed by atoms with E-state index < -0.39 is 7.60 Å². The summed E-state index contributed by atoms with van der Waals surface area (Å²) >= 11 is 5.98. The van der Waals surface area contributed by atoms with Gasteiger partial charge in [0.25, 0.3) is 0 Å². The molecule has 0 heterocycles. The Balaban J connectivity index is 3.29. The highest BCUT2D eigenvalue weighted by Crippen LogP contribution is 2.48. The van der Waals surface area contributed by atoms with Gasteiger partial charge in [0.05, 0.1) is 18.5 Å². The quantitative estimate of drug-likeness (QED) is 0.597. The fourth-order valence-corrected chi connectivity index (χ4v) is 3.56. The minimum Gasteiger partial charge on any atom is -0.372 e. The Morgan fingerprint density at radius 3 is 2.45 bits per heavy atom. The predicted octanol–water partition coefficient (Wildman–Crippen LogP) is 3.23. The first-order chi connectivity index (χ1) is 9.57. The first-order valence-corrected chi connectivity index (χ1v) is 8.16. The molecule has 0 radical (unpaired) electrons. The van der Waals surface area contributed by atoms with Crippen LogP contribution in [0.25, 0.3) is 0 Å². The van der Waals surface area contributed by atoms with Gasteiger partial charge in [0.1, 0.15) is 6.61 Å². The number of methoxy groups -OCH3 is 1. The highest BCUT2D eigenvalue weighted by atomic mass is 35.5. The maximum Gasteiger partial charge on any atom is 0.362 e. The predicted molar refractivity (Wildman–Crippen MR) is 80.7 cm³/mol. The van der Waals surface area contributed by atoms with Crippen LogP contribution in [-0.4, -0.2) is 26.9 Å². The average molecular weight is 317 g/mol. The molecule has 0 saturated carbocycles. The lowest BCUT2D eigenvalue weighted by atomic mass is 10.2. The Hall–Kier alpha value is -0.820. The molecule has 0 aromatic heterocycles. The van der Waals surface area contributed by atoms with E-state index >= 15 is 0 Å². The SMILES string of the molecule is CCOP(=O)(OCC)c1cc(Cl)ccc1C#CCOC. The lowest BCUT2D eigenvalue weighted by Crippen LogP contribution is -2.14. The Morgan fingerprint density at radius 1 is 1.25 bits per heavy atom. The summed E-state index contributed by atoms with van der Waals surface area (Å²) in [5.41, 5.74) is 0.566. The molecule has 0 bridgehead atoms. The molecule has 0 spiro atoms. The molecule has 0 aliphatic heterocycles. The van der Waals surface area contributed by atoms with Crippen molar-refractivity contribution in [2.24, 2.45) is 0 Å². The summed E-state index contributed by atoms with van der Waals surface area (Å²) in [4.78, 5) is 0. The number of hydrogen-bond acceptors (Lipinski definition) is 4. The molecule has 0 aliphatic rings. The highest BCUT2D eigenvalue weighted by molar-refractivity contribution is 7.62. The Kier molecular flexibility index (Phi) is 7.29. The fourth-order valence-electron chi connectivity index (χ4n) is 1.56. The number of benzene rings is 1. The molecule has 4 nitrogen and oxygen atoms in total. The van der Waals surface area contributed by atoms with Crippen LogP contribution in [0.5, 0.6) is 0 Å². The molecule has 20 heavy (non-hydrogen) atoms. The van der Waals surface area contributed by atoms with Crippen molar-refractivity contribution >= 4 is 24.5 Å². The van der Waals surface area contributed by atoms with Crippen molar-refractivity contribution < 1.29 is 18.3 Å². The molecule has 0 fully saturated rings. The number of ether oxygens (including phenoxy) is 1. The molecule has 0 unspecified atom stereocenters. The maximum atomic E-state index is 12.8. The first-order valence-electron chi connectivity index (χ1n) is 6.24. The van der Waals surface area contributed by atoms with Gasteiger partial charge in [0.2, 0.25) is 0 Å². The van der Waals surface area contributed by atoms with Gasteiger partial charge >= 0.3 is 7.60 Å². The van der Waals surface area contributed by atoms with E-state index in [2.05, 4.69) is 11.8 Å². The van der Waals surface area contributed by atoms with Crippen LogP contribution >= 0.6 is 19.2 Å². The molecule has 110 valence electrons. The monoisotopic (exact) mass is 316 g/mol. The minimum absolute atomic E-state index is 0.273. The van der Waals surface area contributed by atoms with E-state index in [1.54, 1.807) is 39.2 Å². The zero-order valence-electron chi connectivity index (χ0n) is 11.8. The lowest BCUT2D eigenvalue weighted by molar-refractivity contribution is 0.230. The smallest absolute Gasteiger partial charge is 0.362 e. The topological polar surface area (TPSA) is 44.8 Å². The first kappa shape index (κ1) is 17.2. The van der Waals surface area contributed by atoms with Gasteiger partial charge in [-0.15, -0.1) is 0 Å². The second-order valence-corrected chi connectivity index (χ2v) is 6.16. The van der Waals surface area contributed by atoms with E-state index in [1.807, 2.05) is 0 Å². The largest absolute Gasteiger partial charge is 0.372 e. The zero-order chi connectivity index (χ0) is 15.0. The summed E-state index contributed by atoms with van der Waals surface area (Å²) in [6.45, 7) is 4.35. The third-order valence-electron chi connectivity index (χ3n) is 2.29. The van der Waals surface area contributed by atoms with Crippen LogP contribution < -0.4 is 5.30 Å². The maximum absolute atomic E-state index is 12.8. The standard InChI is InChI=1S/C14H18ClO4P/c1-4-18-20(16,19-5-2)14-11-13(15)9-8-12(14)7-6-10-17-3/h8-9,11H,4-5,10H2,1-3H3. The summed E-state index contributed by atoms with van der Waals surface area (Å²) < 4.78 is 28.4. The molecular weight excluding hydrogens is 299 g/mol. The summed E-state index contributed by atoms with van der Waals surface area (Å²) in [7, 11) is -1.85. The van der Waals surface area contributed by atoms with Crippen molar-refractivity contribution in [2.45, 2.75) is 13.8 Å². The van der Waals surface area contributed by atoms with Crippen LogP contribution in [0.1, 0.15) is 19.4 Å². The van der Waals surface area contributed by atoms with E-state index in [0.717, 1.165) is 0 Å². The van der Waals surface area contributed by atoms with Gasteiger partial charge in [-0.2, -0.15) is 0 Å². The van der Waals surface area contributed by atoms with E-state index in [9.17, 15) is 4.57 Å². The van der Waals surface area contributed by atoms with Crippen molar-refractivity contribution in [3.8, 4) is 11.8 Å². The summed E-state index contributed by atoms with van der Waals surface area (Å²) in [6.07, 6.45) is 0. The van der Waals surface area contributed by atoms with Crippen LogP contribution in [0.4, 0.5) is 0 Å². The molecule has 6 heteroatoms. The molecule has 1 aromatic rings. The Morgan fingerprint density at radius 2 is 1.90 bits per heavy atom. The molecule has 0 amide bonds. The van der Waals surface area contributed by atoms with Crippen molar-refractivity contribution in [1.82, 2.24) is 0 Å². The third kappa shape index (κ3) is 4.63. The van der Waals surface area contributed by atoms with Crippen LogP contribution in [0, 0.1) is 11.8 Å². The normalized spacial score (nSPS) is 11.0. The zero-order valence-corrected chi connectivity index (χ0v) is 13.5. The molecular formula is C14H18ClO4P. The van der Waals surface area contributed by atoms with Gasteiger partial charge in [0.15, 0.2) is 0 Å².